The van der Waals surface area contributed by atoms with Crippen molar-refractivity contribution < 1.29 is 23.1 Å². The Morgan fingerprint density at radius 1 is 1.28 bits per heavy atom. The molecule has 2 fully saturated rings. The Labute approximate surface area is 151 Å². The maximum Gasteiger partial charge on any atom is 0.237 e. The Morgan fingerprint density at radius 3 is 2.48 bits per heavy atom. The van der Waals surface area contributed by atoms with Crippen molar-refractivity contribution in [3.63, 3.8) is 0 Å². The van der Waals surface area contributed by atoms with E-state index in [1.54, 1.807) is 7.11 Å². The summed E-state index contributed by atoms with van der Waals surface area (Å²) < 4.78 is 28.9. The summed E-state index contributed by atoms with van der Waals surface area (Å²) in [6.07, 6.45) is 5.11. The number of aliphatic hydroxyl groups excluding tert-OH is 1. The highest BCUT2D eigenvalue weighted by Gasteiger charge is 2.39. The first-order valence-electron chi connectivity index (χ1n) is 9.17. The van der Waals surface area contributed by atoms with Crippen LogP contribution >= 0.6 is 0 Å². The average Bonchev–Trinajstić information content (AvgIpc) is 3.16. The van der Waals surface area contributed by atoms with Crippen molar-refractivity contribution in [3.8, 4) is 0 Å². The van der Waals surface area contributed by atoms with Crippen molar-refractivity contribution in [2.24, 2.45) is 0 Å². The Hall–Kier alpha value is -0.700. The van der Waals surface area contributed by atoms with Crippen LogP contribution < -0.4 is 5.32 Å². The van der Waals surface area contributed by atoms with Crippen molar-refractivity contribution in [1.82, 2.24) is 10.2 Å². The number of nitrogens with one attached hydrogen (secondary N) is 1. The minimum absolute atomic E-state index is 0.00819. The second kappa shape index (κ2) is 8.79. The number of hydrogen-bond donors (Lipinski definition) is 2. The molecule has 0 aromatic heterocycles. The molecule has 2 atom stereocenters. The van der Waals surface area contributed by atoms with Crippen LogP contribution in [-0.4, -0.2) is 80.3 Å². The van der Waals surface area contributed by atoms with Crippen LogP contribution in [0.4, 0.5) is 0 Å². The van der Waals surface area contributed by atoms with Gasteiger partial charge in [-0.25, -0.2) is 8.42 Å². The summed E-state index contributed by atoms with van der Waals surface area (Å²) in [4.78, 5) is 14.8. The minimum Gasteiger partial charge on any atom is -0.396 e. The zero-order valence-electron chi connectivity index (χ0n) is 15.4. The molecule has 7 nitrogen and oxygen atoms in total. The van der Waals surface area contributed by atoms with Crippen molar-refractivity contribution in [1.29, 1.82) is 0 Å². The maximum atomic E-state index is 12.9. The number of ether oxygens (including phenoxy) is 1. The van der Waals surface area contributed by atoms with Crippen LogP contribution in [0, 0.1) is 0 Å². The van der Waals surface area contributed by atoms with Gasteiger partial charge in [-0.05, 0) is 32.6 Å². The van der Waals surface area contributed by atoms with Gasteiger partial charge in [0, 0.05) is 31.3 Å². The first-order valence-corrected chi connectivity index (χ1v) is 11.0. The normalized spacial score (nSPS) is 25.8. The van der Waals surface area contributed by atoms with E-state index >= 15 is 0 Å². The molecule has 1 aliphatic carbocycles. The molecule has 0 aromatic rings. The number of aliphatic hydroxyl groups is 1. The third-order valence-corrected chi connectivity index (χ3v) is 7.15. The van der Waals surface area contributed by atoms with Crippen LogP contribution in [0.5, 0.6) is 0 Å². The van der Waals surface area contributed by atoms with Gasteiger partial charge >= 0.3 is 0 Å². The van der Waals surface area contributed by atoms with Gasteiger partial charge in [0.2, 0.25) is 5.91 Å². The van der Waals surface area contributed by atoms with E-state index in [1.165, 1.54) is 0 Å². The van der Waals surface area contributed by atoms with Crippen molar-refractivity contribution in [2.75, 3.05) is 38.4 Å². The third kappa shape index (κ3) is 5.64. The molecular formula is C17H32N2O5S. The van der Waals surface area contributed by atoms with Crippen LogP contribution in [0.15, 0.2) is 0 Å². The van der Waals surface area contributed by atoms with E-state index in [1.807, 2.05) is 11.8 Å². The Balaban J connectivity index is 2.05. The fraction of sp³-hybridized carbons (Fsp3) is 0.941. The van der Waals surface area contributed by atoms with Crippen LogP contribution in [0.25, 0.3) is 0 Å². The molecule has 1 amide bonds. The number of carbonyl (C=O) groups excluding carboxylic acids is 1. The van der Waals surface area contributed by atoms with Gasteiger partial charge in [-0.3, -0.25) is 4.79 Å². The van der Waals surface area contributed by atoms with Crippen LogP contribution in [0.3, 0.4) is 0 Å². The van der Waals surface area contributed by atoms with Gasteiger partial charge in [0.05, 0.1) is 24.7 Å². The van der Waals surface area contributed by atoms with Crippen molar-refractivity contribution in [3.05, 3.63) is 0 Å². The number of carbonyl (C=O) groups is 1. The SMILES string of the molecule is COCC(C)(CCO)NCC(=O)N(C1CCCC1)C1CCS(=O)(=O)C1. The standard InChI is InChI=1S/C17H32N2O5S/c1-17(8-9-20,13-24-2)18-11-16(21)19(14-5-3-4-6-14)15-7-10-25(22,23)12-15/h14-15,18,20H,3-13H2,1-2H3. The third-order valence-electron chi connectivity index (χ3n) is 5.40. The summed E-state index contributed by atoms with van der Waals surface area (Å²) in [7, 11) is -1.44. The second-order valence-corrected chi connectivity index (χ2v) is 9.85. The van der Waals surface area contributed by atoms with Gasteiger partial charge in [-0.15, -0.1) is 0 Å². The molecule has 25 heavy (non-hydrogen) atoms. The summed E-state index contributed by atoms with van der Waals surface area (Å²) >= 11 is 0. The molecule has 2 rings (SSSR count). The quantitative estimate of drug-likeness (QED) is 0.602. The lowest BCUT2D eigenvalue weighted by molar-refractivity contribution is -0.135. The minimum atomic E-state index is -3.03. The lowest BCUT2D eigenvalue weighted by atomic mass is 9.99. The van der Waals surface area contributed by atoms with Gasteiger partial charge in [0.1, 0.15) is 0 Å². The summed E-state index contributed by atoms with van der Waals surface area (Å²) in [6, 6.07) is -0.0481. The number of amides is 1. The van der Waals surface area contributed by atoms with E-state index in [-0.39, 0.29) is 42.6 Å². The average molecular weight is 377 g/mol. The molecule has 0 aromatic carbocycles. The predicted molar refractivity (Wildman–Crippen MR) is 96.1 cm³/mol. The summed E-state index contributed by atoms with van der Waals surface area (Å²) in [5, 5.41) is 12.5. The largest absolute Gasteiger partial charge is 0.396 e. The molecular weight excluding hydrogens is 344 g/mol. The Bertz CT molecular complexity index is 539. The number of sulfone groups is 1. The van der Waals surface area contributed by atoms with E-state index in [4.69, 9.17) is 4.74 Å². The van der Waals surface area contributed by atoms with Gasteiger partial charge in [0.15, 0.2) is 9.84 Å². The zero-order valence-corrected chi connectivity index (χ0v) is 16.2. The van der Waals surface area contributed by atoms with Gasteiger partial charge in [0.25, 0.3) is 0 Å². The predicted octanol–water partition coefficient (Wildman–Crippen LogP) is 0.322. The number of nitrogens with zero attached hydrogens (tertiary/aromatic N) is 1. The lowest BCUT2D eigenvalue weighted by Gasteiger charge is -2.36. The van der Waals surface area contributed by atoms with E-state index in [2.05, 4.69) is 5.32 Å². The van der Waals surface area contributed by atoms with Gasteiger partial charge < -0.3 is 20.1 Å². The highest BCUT2D eigenvalue weighted by molar-refractivity contribution is 7.91. The zero-order chi connectivity index (χ0) is 18.5. The summed E-state index contributed by atoms with van der Waals surface area (Å²) in [5.41, 5.74) is -0.484. The molecule has 1 saturated heterocycles. The van der Waals surface area contributed by atoms with E-state index < -0.39 is 15.4 Å². The highest BCUT2D eigenvalue weighted by atomic mass is 32.2. The van der Waals surface area contributed by atoms with Crippen LogP contribution in [0.2, 0.25) is 0 Å². The molecule has 0 spiro atoms. The molecule has 2 aliphatic rings. The first kappa shape index (κ1) is 20.6. The number of hydrogen-bond acceptors (Lipinski definition) is 6. The van der Waals surface area contributed by atoms with E-state index in [0.29, 0.717) is 19.4 Å². The number of rotatable bonds is 9. The smallest absolute Gasteiger partial charge is 0.237 e. The fourth-order valence-corrected chi connectivity index (χ4v) is 5.75. The van der Waals surface area contributed by atoms with Crippen LogP contribution in [-0.2, 0) is 19.4 Å². The first-order chi connectivity index (χ1) is 11.8. The summed E-state index contributed by atoms with van der Waals surface area (Å²) in [6.45, 7) is 2.45. The Kier molecular flexibility index (Phi) is 7.25. The van der Waals surface area contributed by atoms with Crippen molar-refractivity contribution >= 4 is 15.7 Å². The topological polar surface area (TPSA) is 95.9 Å². The molecule has 0 bridgehead atoms. The maximum absolute atomic E-state index is 12.9. The molecule has 2 unspecified atom stereocenters. The molecule has 1 heterocycles. The molecule has 2 N–H and O–H groups in total. The Morgan fingerprint density at radius 2 is 1.96 bits per heavy atom. The monoisotopic (exact) mass is 376 g/mol. The molecule has 146 valence electrons. The van der Waals surface area contributed by atoms with Gasteiger partial charge in [-0.2, -0.15) is 0 Å². The van der Waals surface area contributed by atoms with Gasteiger partial charge in [-0.1, -0.05) is 12.8 Å². The number of methoxy groups -OCH3 is 1. The fourth-order valence-electron chi connectivity index (χ4n) is 4.04. The molecule has 1 aliphatic heterocycles. The lowest BCUT2D eigenvalue weighted by Crippen LogP contribution is -2.55. The van der Waals surface area contributed by atoms with Crippen molar-refractivity contribution in [2.45, 2.75) is 63.1 Å². The van der Waals surface area contributed by atoms with E-state index in [9.17, 15) is 18.3 Å². The highest BCUT2D eigenvalue weighted by Crippen LogP contribution is 2.29. The molecule has 8 heteroatoms. The summed E-state index contributed by atoms with van der Waals surface area (Å²) in [5.74, 6) is 0.212. The van der Waals surface area contributed by atoms with E-state index in [0.717, 1.165) is 25.7 Å². The van der Waals surface area contributed by atoms with Crippen LogP contribution in [0.1, 0.15) is 45.4 Å². The second-order valence-electron chi connectivity index (χ2n) is 7.62. The molecule has 1 saturated carbocycles. The molecule has 0 radical (unpaired) electrons.